The standard InChI is InChI=1S/C27H30Cl2N4O/c1-5-6-14-33(15-13-19-7-10-21(34-4)11-8-19)24-16-18(2)30-26-25(24)31-32(3)27(26)22-12-9-20(28)17-23(22)29/h7-12,16-17H,5-6,13-15H2,1-4H3. The summed E-state index contributed by atoms with van der Waals surface area (Å²) in [6.45, 7) is 6.10. The molecule has 34 heavy (non-hydrogen) atoms. The van der Waals surface area contributed by atoms with Crippen LogP contribution in [0.4, 0.5) is 5.69 Å². The van der Waals surface area contributed by atoms with Crippen LogP contribution in [0.15, 0.2) is 48.5 Å². The molecular formula is C27H30Cl2N4O. The maximum absolute atomic E-state index is 6.57. The number of hydrogen-bond donors (Lipinski definition) is 0. The van der Waals surface area contributed by atoms with Gasteiger partial charge in [0.15, 0.2) is 0 Å². The Hall–Kier alpha value is -2.76. The van der Waals surface area contributed by atoms with Gasteiger partial charge in [0.1, 0.15) is 16.8 Å². The van der Waals surface area contributed by atoms with Crippen molar-refractivity contribution < 1.29 is 4.74 Å². The van der Waals surface area contributed by atoms with E-state index in [9.17, 15) is 0 Å². The number of fused-ring (bicyclic) bond motifs is 1. The van der Waals surface area contributed by atoms with E-state index in [0.717, 1.165) is 71.8 Å². The van der Waals surface area contributed by atoms with E-state index in [4.69, 9.17) is 38.0 Å². The second-order valence-electron chi connectivity index (χ2n) is 8.52. The molecule has 7 heteroatoms. The van der Waals surface area contributed by atoms with Crippen molar-refractivity contribution in [2.45, 2.75) is 33.1 Å². The second kappa shape index (κ2) is 10.7. The predicted molar refractivity (Wildman–Crippen MR) is 143 cm³/mol. The van der Waals surface area contributed by atoms with Gasteiger partial charge in [0.2, 0.25) is 0 Å². The Balaban J connectivity index is 1.75. The largest absolute Gasteiger partial charge is 0.497 e. The third-order valence-corrected chi connectivity index (χ3v) is 6.58. The van der Waals surface area contributed by atoms with Crippen LogP contribution in [0.25, 0.3) is 22.3 Å². The number of rotatable bonds is 9. The summed E-state index contributed by atoms with van der Waals surface area (Å²) in [4.78, 5) is 7.32. The molecule has 2 heterocycles. The first kappa shape index (κ1) is 24.4. The molecule has 0 amide bonds. The van der Waals surface area contributed by atoms with E-state index in [1.54, 1.807) is 13.2 Å². The highest BCUT2D eigenvalue weighted by atomic mass is 35.5. The lowest BCUT2D eigenvalue weighted by molar-refractivity contribution is 0.414. The number of halogens is 2. The zero-order valence-corrected chi connectivity index (χ0v) is 21.6. The Labute approximate surface area is 211 Å². The van der Waals surface area contributed by atoms with Gasteiger partial charge in [0, 0.05) is 36.4 Å². The van der Waals surface area contributed by atoms with Crippen LogP contribution in [0.1, 0.15) is 31.0 Å². The zero-order valence-electron chi connectivity index (χ0n) is 20.1. The molecular weight excluding hydrogens is 467 g/mol. The fraction of sp³-hybridized carbons (Fsp3) is 0.333. The number of methoxy groups -OCH3 is 1. The van der Waals surface area contributed by atoms with Crippen molar-refractivity contribution in [2.24, 2.45) is 7.05 Å². The first-order valence-corrected chi connectivity index (χ1v) is 12.3. The highest BCUT2D eigenvalue weighted by molar-refractivity contribution is 6.36. The third-order valence-electron chi connectivity index (χ3n) is 6.04. The fourth-order valence-corrected chi connectivity index (χ4v) is 4.75. The van der Waals surface area contributed by atoms with E-state index in [2.05, 4.69) is 30.0 Å². The molecule has 178 valence electrons. The molecule has 0 unspecified atom stereocenters. The van der Waals surface area contributed by atoms with Crippen LogP contribution in [-0.2, 0) is 13.5 Å². The Morgan fingerprint density at radius 1 is 1.00 bits per heavy atom. The minimum absolute atomic E-state index is 0.588. The van der Waals surface area contributed by atoms with Crippen LogP contribution in [-0.4, -0.2) is 35.0 Å². The summed E-state index contributed by atoms with van der Waals surface area (Å²) >= 11 is 12.7. The van der Waals surface area contributed by atoms with Crippen LogP contribution in [0.2, 0.25) is 10.0 Å². The van der Waals surface area contributed by atoms with Gasteiger partial charge < -0.3 is 9.64 Å². The first-order valence-electron chi connectivity index (χ1n) is 11.6. The lowest BCUT2D eigenvalue weighted by atomic mass is 10.1. The van der Waals surface area contributed by atoms with Crippen LogP contribution in [0.5, 0.6) is 5.75 Å². The lowest BCUT2D eigenvalue weighted by Gasteiger charge is -2.25. The molecule has 0 fully saturated rings. The summed E-state index contributed by atoms with van der Waals surface area (Å²) in [6.07, 6.45) is 3.16. The maximum atomic E-state index is 6.57. The average molecular weight is 497 g/mol. The molecule has 0 atom stereocenters. The molecule has 0 saturated heterocycles. The molecule has 0 spiro atoms. The molecule has 0 bridgehead atoms. The Morgan fingerprint density at radius 2 is 1.76 bits per heavy atom. The van der Waals surface area contributed by atoms with Crippen molar-refractivity contribution in [1.29, 1.82) is 0 Å². The summed E-state index contributed by atoms with van der Waals surface area (Å²) in [5.41, 5.74) is 6.85. The molecule has 0 aliphatic carbocycles. The summed E-state index contributed by atoms with van der Waals surface area (Å²) < 4.78 is 7.17. The molecule has 2 aromatic heterocycles. The number of benzene rings is 2. The van der Waals surface area contributed by atoms with E-state index < -0.39 is 0 Å². The Kier molecular flexibility index (Phi) is 7.64. The topological polar surface area (TPSA) is 43.2 Å². The van der Waals surface area contributed by atoms with Gasteiger partial charge in [-0.25, -0.2) is 4.98 Å². The minimum atomic E-state index is 0.588. The van der Waals surface area contributed by atoms with E-state index >= 15 is 0 Å². The van der Waals surface area contributed by atoms with Gasteiger partial charge in [-0.05, 0) is 61.7 Å². The van der Waals surface area contributed by atoms with Crippen molar-refractivity contribution in [1.82, 2.24) is 14.8 Å². The normalized spacial score (nSPS) is 11.2. The smallest absolute Gasteiger partial charge is 0.135 e. The van der Waals surface area contributed by atoms with E-state index in [1.165, 1.54) is 5.56 Å². The maximum Gasteiger partial charge on any atom is 0.135 e. The second-order valence-corrected chi connectivity index (χ2v) is 9.36. The number of anilines is 1. The van der Waals surface area contributed by atoms with Gasteiger partial charge in [-0.1, -0.05) is 48.7 Å². The molecule has 5 nitrogen and oxygen atoms in total. The number of unbranched alkanes of at least 4 members (excludes halogenated alkanes) is 1. The summed E-state index contributed by atoms with van der Waals surface area (Å²) in [7, 11) is 3.63. The number of nitrogens with zero attached hydrogens (tertiary/aromatic N) is 4. The lowest BCUT2D eigenvalue weighted by Crippen LogP contribution is -2.27. The molecule has 0 aliphatic rings. The van der Waals surface area contributed by atoms with Crippen LogP contribution < -0.4 is 9.64 Å². The van der Waals surface area contributed by atoms with E-state index in [-0.39, 0.29) is 0 Å². The molecule has 2 aromatic carbocycles. The zero-order chi connectivity index (χ0) is 24.2. The SMILES string of the molecule is CCCCN(CCc1ccc(OC)cc1)c1cc(C)nc2c(-c3ccc(Cl)cc3Cl)n(C)nc12. The molecule has 0 N–H and O–H groups in total. The van der Waals surface area contributed by atoms with Gasteiger partial charge in [-0.2, -0.15) is 5.10 Å². The van der Waals surface area contributed by atoms with Crippen molar-refractivity contribution >= 4 is 39.9 Å². The van der Waals surface area contributed by atoms with Crippen molar-refractivity contribution in [3.05, 3.63) is 69.8 Å². The number of aryl methyl sites for hydroxylation is 2. The number of aromatic nitrogens is 3. The number of ether oxygens (including phenoxy) is 1. The van der Waals surface area contributed by atoms with Gasteiger partial charge in [0.25, 0.3) is 0 Å². The molecule has 0 radical (unpaired) electrons. The van der Waals surface area contributed by atoms with Gasteiger partial charge in [-0.15, -0.1) is 0 Å². The van der Waals surface area contributed by atoms with Crippen molar-refractivity contribution in [3.63, 3.8) is 0 Å². The van der Waals surface area contributed by atoms with Crippen LogP contribution in [0, 0.1) is 6.92 Å². The third kappa shape index (κ3) is 5.16. The monoisotopic (exact) mass is 496 g/mol. The van der Waals surface area contributed by atoms with E-state index in [0.29, 0.717) is 10.0 Å². The van der Waals surface area contributed by atoms with Crippen LogP contribution in [0.3, 0.4) is 0 Å². The number of pyridine rings is 1. The highest BCUT2D eigenvalue weighted by Crippen LogP contribution is 2.37. The predicted octanol–water partition coefficient (Wildman–Crippen LogP) is 7.11. The Morgan fingerprint density at radius 3 is 2.44 bits per heavy atom. The first-order chi connectivity index (χ1) is 16.4. The van der Waals surface area contributed by atoms with Gasteiger partial charge >= 0.3 is 0 Å². The molecule has 0 aliphatic heterocycles. The van der Waals surface area contributed by atoms with Crippen LogP contribution >= 0.6 is 23.2 Å². The van der Waals surface area contributed by atoms with Crippen molar-refractivity contribution in [3.8, 4) is 17.0 Å². The van der Waals surface area contributed by atoms with E-state index in [1.807, 2.05) is 42.9 Å². The fourth-order valence-electron chi connectivity index (χ4n) is 4.25. The minimum Gasteiger partial charge on any atom is -0.497 e. The number of hydrogen-bond acceptors (Lipinski definition) is 4. The summed E-state index contributed by atoms with van der Waals surface area (Å²) in [5.74, 6) is 0.875. The quantitative estimate of drug-likeness (QED) is 0.247. The van der Waals surface area contributed by atoms with Crippen molar-refractivity contribution in [2.75, 3.05) is 25.1 Å². The Bertz CT molecular complexity index is 1280. The van der Waals surface area contributed by atoms with Gasteiger partial charge in [0.05, 0.1) is 23.5 Å². The molecule has 0 saturated carbocycles. The highest BCUT2D eigenvalue weighted by Gasteiger charge is 2.21. The molecule has 4 aromatic rings. The summed E-state index contributed by atoms with van der Waals surface area (Å²) in [6, 6.07) is 16.0. The average Bonchev–Trinajstić information content (AvgIpc) is 3.14. The van der Waals surface area contributed by atoms with Gasteiger partial charge in [-0.3, -0.25) is 4.68 Å². The summed E-state index contributed by atoms with van der Waals surface area (Å²) in [5, 5.41) is 6.10. The molecule has 4 rings (SSSR count).